The highest BCUT2D eigenvalue weighted by molar-refractivity contribution is 9.09. The predicted molar refractivity (Wildman–Crippen MR) is 77.4 cm³/mol. The van der Waals surface area contributed by atoms with Crippen molar-refractivity contribution < 1.29 is 9.90 Å². The van der Waals surface area contributed by atoms with Gasteiger partial charge in [-0.15, -0.1) is 0 Å². The van der Waals surface area contributed by atoms with Crippen LogP contribution in [0.5, 0.6) is 5.75 Å². The summed E-state index contributed by atoms with van der Waals surface area (Å²) < 4.78 is 0. The Morgan fingerprint density at radius 2 is 2.00 bits per heavy atom. The van der Waals surface area contributed by atoms with Gasteiger partial charge in [0.2, 0.25) is 0 Å². The van der Waals surface area contributed by atoms with Gasteiger partial charge >= 0.3 is 0 Å². The minimum Gasteiger partial charge on any atom is -0.508 e. The van der Waals surface area contributed by atoms with Crippen molar-refractivity contribution in [3.63, 3.8) is 0 Å². The van der Waals surface area contributed by atoms with E-state index < -0.39 is 0 Å². The minimum atomic E-state index is -0.0707. The molecule has 1 aromatic rings. The minimum absolute atomic E-state index is 0.0707. The number of aromatic hydroxyl groups is 1. The van der Waals surface area contributed by atoms with Crippen LogP contribution in [0.1, 0.15) is 41.6 Å². The number of rotatable bonds is 7. The lowest BCUT2D eigenvalue weighted by molar-refractivity contribution is 0.0953. The Labute approximate surface area is 117 Å². The molecule has 3 nitrogen and oxygen atoms in total. The molecule has 100 valence electrons. The number of amides is 1. The predicted octanol–water partition coefficient (Wildman–Crippen LogP) is 3.39. The number of halogens is 1. The van der Waals surface area contributed by atoms with Crippen LogP contribution in [-0.4, -0.2) is 22.9 Å². The van der Waals surface area contributed by atoms with Gasteiger partial charge in [-0.05, 0) is 43.5 Å². The third-order valence-electron chi connectivity index (χ3n) is 2.80. The first-order valence-corrected chi connectivity index (χ1v) is 7.41. The van der Waals surface area contributed by atoms with E-state index in [1.165, 1.54) is 12.8 Å². The largest absolute Gasteiger partial charge is 0.508 e. The van der Waals surface area contributed by atoms with E-state index in [0.29, 0.717) is 12.1 Å². The maximum Gasteiger partial charge on any atom is 0.251 e. The zero-order chi connectivity index (χ0) is 13.4. The Kier molecular flexibility index (Phi) is 6.80. The van der Waals surface area contributed by atoms with Crippen LogP contribution in [0.25, 0.3) is 0 Å². The van der Waals surface area contributed by atoms with E-state index in [4.69, 9.17) is 0 Å². The van der Waals surface area contributed by atoms with Crippen LogP contribution in [0.3, 0.4) is 0 Å². The highest BCUT2D eigenvalue weighted by Gasteiger charge is 2.06. The standard InChI is InChI=1S/C14H20BrNO2/c1-11-10-12(6-7-13(11)17)14(18)16-9-5-3-2-4-8-15/h6-7,10,17H,2-5,8-9H2,1H3,(H,16,18). The summed E-state index contributed by atoms with van der Waals surface area (Å²) in [4.78, 5) is 11.8. The number of carbonyl (C=O) groups excluding carboxylic acids is 1. The number of hydrogen-bond donors (Lipinski definition) is 2. The van der Waals surface area contributed by atoms with Gasteiger partial charge < -0.3 is 10.4 Å². The van der Waals surface area contributed by atoms with Crippen molar-refractivity contribution in [2.75, 3.05) is 11.9 Å². The quantitative estimate of drug-likeness (QED) is 0.599. The van der Waals surface area contributed by atoms with Crippen LogP contribution in [0.4, 0.5) is 0 Å². The molecule has 0 bridgehead atoms. The second-order valence-corrected chi connectivity index (χ2v) is 5.15. The summed E-state index contributed by atoms with van der Waals surface area (Å²) in [6.45, 7) is 2.49. The van der Waals surface area contributed by atoms with E-state index in [1.54, 1.807) is 25.1 Å². The normalized spacial score (nSPS) is 10.3. The molecule has 2 N–H and O–H groups in total. The van der Waals surface area contributed by atoms with Crippen molar-refractivity contribution in [3.05, 3.63) is 29.3 Å². The molecule has 0 saturated heterocycles. The molecule has 0 aliphatic heterocycles. The zero-order valence-electron chi connectivity index (χ0n) is 10.7. The molecule has 0 aliphatic rings. The van der Waals surface area contributed by atoms with E-state index in [2.05, 4.69) is 21.2 Å². The molecule has 0 unspecified atom stereocenters. The molecule has 1 rings (SSSR count). The molecular weight excluding hydrogens is 294 g/mol. The molecule has 0 atom stereocenters. The molecule has 1 aromatic carbocycles. The van der Waals surface area contributed by atoms with Crippen molar-refractivity contribution in [2.24, 2.45) is 0 Å². The SMILES string of the molecule is Cc1cc(C(=O)NCCCCCCBr)ccc1O. The molecule has 0 fully saturated rings. The highest BCUT2D eigenvalue weighted by Crippen LogP contribution is 2.16. The fraction of sp³-hybridized carbons (Fsp3) is 0.500. The third kappa shape index (κ3) is 5.08. The average molecular weight is 314 g/mol. The van der Waals surface area contributed by atoms with E-state index in [-0.39, 0.29) is 11.7 Å². The number of nitrogens with one attached hydrogen (secondary N) is 1. The van der Waals surface area contributed by atoms with Crippen LogP contribution in [-0.2, 0) is 0 Å². The van der Waals surface area contributed by atoms with E-state index >= 15 is 0 Å². The molecular formula is C14H20BrNO2. The third-order valence-corrected chi connectivity index (χ3v) is 3.37. The highest BCUT2D eigenvalue weighted by atomic mass is 79.9. The Morgan fingerprint density at radius 3 is 2.67 bits per heavy atom. The Morgan fingerprint density at radius 1 is 1.28 bits per heavy atom. The van der Waals surface area contributed by atoms with Crippen molar-refractivity contribution in [1.82, 2.24) is 5.32 Å². The molecule has 0 spiro atoms. The maximum atomic E-state index is 11.8. The molecule has 1 amide bonds. The van der Waals surface area contributed by atoms with Gasteiger partial charge in [-0.25, -0.2) is 0 Å². The van der Waals surface area contributed by atoms with Crippen LogP contribution < -0.4 is 5.32 Å². The van der Waals surface area contributed by atoms with Crippen molar-refractivity contribution in [2.45, 2.75) is 32.6 Å². The topological polar surface area (TPSA) is 49.3 Å². The van der Waals surface area contributed by atoms with Gasteiger partial charge in [-0.2, -0.15) is 0 Å². The van der Waals surface area contributed by atoms with Crippen molar-refractivity contribution in [3.8, 4) is 5.75 Å². The number of alkyl halides is 1. The first-order chi connectivity index (χ1) is 8.65. The van der Waals surface area contributed by atoms with Gasteiger partial charge in [-0.3, -0.25) is 4.79 Å². The van der Waals surface area contributed by atoms with Gasteiger partial charge in [0.15, 0.2) is 0 Å². The summed E-state index contributed by atoms with van der Waals surface area (Å²) in [5, 5.41) is 13.3. The lowest BCUT2D eigenvalue weighted by Gasteiger charge is -2.06. The van der Waals surface area contributed by atoms with E-state index in [0.717, 1.165) is 23.7 Å². The fourth-order valence-electron chi connectivity index (χ4n) is 1.67. The molecule has 0 heterocycles. The number of aryl methyl sites for hydroxylation is 1. The summed E-state index contributed by atoms with van der Waals surface area (Å²) >= 11 is 3.39. The van der Waals surface area contributed by atoms with Crippen molar-refractivity contribution >= 4 is 21.8 Å². The summed E-state index contributed by atoms with van der Waals surface area (Å²) in [5.41, 5.74) is 1.32. The lowest BCUT2D eigenvalue weighted by Crippen LogP contribution is -2.24. The zero-order valence-corrected chi connectivity index (χ0v) is 12.3. The van der Waals surface area contributed by atoms with E-state index in [1.807, 2.05) is 0 Å². The van der Waals surface area contributed by atoms with Gasteiger partial charge in [0.1, 0.15) is 5.75 Å². The number of benzene rings is 1. The Bertz CT molecular complexity index is 393. The first kappa shape index (κ1) is 15.0. The molecule has 18 heavy (non-hydrogen) atoms. The number of carbonyl (C=O) groups is 1. The Hall–Kier alpha value is -1.03. The Balaban J connectivity index is 2.30. The number of phenols is 1. The van der Waals surface area contributed by atoms with Gasteiger partial charge in [0.05, 0.1) is 0 Å². The summed E-state index contributed by atoms with van der Waals surface area (Å²) in [5.74, 6) is 0.153. The second kappa shape index (κ2) is 8.14. The van der Waals surface area contributed by atoms with Crippen LogP contribution in [0.15, 0.2) is 18.2 Å². The molecule has 0 aliphatic carbocycles. The number of unbranched alkanes of at least 4 members (excludes halogenated alkanes) is 3. The number of phenolic OH excluding ortho intramolecular Hbond substituents is 1. The van der Waals surface area contributed by atoms with Gasteiger partial charge in [-0.1, -0.05) is 28.8 Å². The monoisotopic (exact) mass is 313 g/mol. The summed E-state index contributed by atoms with van der Waals surface area (Å²) in [7, 11) is 0. The van der Waals surface area contributed by atoms with Crippen molar-refractivity contribution in [1.29, 1.82) is 0 Å². The van der Waals surface area contributed by atoms with Crippen LogP contribution in [0, 0.1) is 6.92 Å². The van der Waals surface area contributed by atoms with Crippen LogP contribution in [0.2, 0.25) is 0 Å². The average Bonchev–Trinajstić information content (AvgIpc) is 2.36. The molecule has 0 radical (unpaired) electrons. The van der Waals surface area contributed by atoms with Crippen LogP contribution >= 0.6 is 15.9 Å². The molecule has 0 saturated carbocycles. The first-order valence-electron chi connectivity index (χ1n) is 6.29. The second-order valence-electron chi connectivity index (χ2n) is 4.36. The van der Waals surface area contributed by atoms with E-state index in [9.17, 15) is 9.90 Å². The summed E-state index contributed by atoms with van der Waals surface area (Å²) in [6.07, 6.45) is 4.53. The lowest BCUT2D eigenvalue weighted by atomic mass is 10.1. The molecule has 4 heteroatoms. The number of hydrogen-bond acceptors (Lipinski definition) is 2. The van der Waals surface area contributed by atoms with Gasteiger partial charge in [0.25, 0.3) is 5.91 Å². The summed E-state index contributed by atoms with van der Waals surface area (Å²) in [6, 6.07) is 4.90. The molecule has 0 aromatic heterocycles. The maximum absolute atomic E-state index is 11.8. The fourth-order valence-corrected chi connectivity index (χ4v) is 2.07. The van der Waals surface area contributed by atoms with Gasteiger partial charge in [0, 0.05) is 17.4 Å². The smallest absolute Gasteiger partial charge is 0.251 e.